The smallest absolute Gasteiger partial charge is 0.193 e. The summed E-state index contributed by atoms with van der Waals surface area (Å²) < 4.78 is 31.5. The standard InChI is InChI=1S/C20H19FO4/c1-11(2)18-17(23-3)9-13(19(21)20(18)24-4)16-10-14(22)12-7-5-6-8-15(12)25-16/h5-11H,1-4H3. The first-order chi connectivity index (χ1) is 12.0. The Morgan fingerprint density at radius 3 is 2.44 bits per heavy atom. The Bertz CT molecular complexity index is 989. The number of hydrogen-bond donors (Lipinski definition) is 0. The molecule has 0 N–H and O–H groups in total. The number of fused-ring (bicyclic) bond motifs is 1. The van der Waals surface area contributed by atoms with Crippen molar-refractivity contribution in [1.29, 1.82) is 0 Å². The number of halogens is 1. The van der Waals surface area contributed by atoms with Crippen molar-refractivity contribution >= 4 is 11.0 Å². The van der Waals surface area contributed by atoms with E-state index in [0.717, 1.165) is 0 Å². The molecule has 0 saturated carbocycles. The normalized spacial score (nSPS) is 11.1. The Kier molecular flexibility index (Phi) is 4.49. The minimum atomic E-state index is -0.578. The first-order valence-electron chi connectivity index (χ1n) is 7.95. The molecule has 0 spiro atoms. The van der Waals surface area contributed by atoms with E-state index >= 15 is 4.39 Å². The molecule has 4 nitrogen and oxygen atoms in total. The van der Waals surface area contributed by atoms with Crippen LogP contribution in [0.5, 0.6) is 11.5 Å². The van der Waals surface area contributed by atoms with Gasteiger partial charge in [-0.1, -0.05) is 26.0 Å². The summed E-state index contributed by atoms with van der Waals surface area (Å²) in [5, 5.41) is 0.449. The van der Waals surface area contributed by atoms with Crippen molar-refractivity contribution in [2.24, 2.45) is 0 Å². The Labute approximate surface area is 144 Å². The molecular formula is C20H19FO4. The maximum Gasteiger partial charge on any atom is 0.193 e. The van der Waals surface area contributed by atoms with Crippen LogP contribution in [0.1, 0.15) is 25.3 Å². The van der Waals surface area contributed by atoms with Gasteiger partial charge in [0, 0.05) is 11.6 Å². The van der Waals surface area contributed by atoms with E-state index in [9.17, 15) is 4.79 Å². The molecule has 0 bridgehead atoms. The van der Waals surface area contributed by atoms with E-state index in [0.29, 0.717) is 22.3 Å². The van der Waals surface area contributed by atoms with E-state index in [-0.39, 0.29) is 28.4 Å². The van der Waals surface area contributed by atoms with Crippen LogP contribution >= 0.6 is 0 Å². The van der Waals surface area contributed by atoms with Crippen LogP contribution in [0.3, 0.4) is 0 Å². The zero-order chi connectivity index (χ0) is 18.1. The first kappa shape index (κ1) is 17.0. The number of benzene rings is 2. The highest BCUT2D eigenvalue weighted by Gasteiger charge is 2.24. The fraction of sp³-hybridized carbons (Fsp3) is 0.250. The number of para-hydroxylation sites is 1. The van der Waals surface area contributed by atoms with Gasteiger partial charge in [0.2, 0.25) is 0 Å². The summed E-state index contributed by atoms with van der Waals surface area (Å²) in [6, 6.07) is 9.69. The Morgan fingerprint density at radius 1 is 1.08 bits per heavy atom. The lowest BCUT2D eigenvalue weighted by atomic mass is 9.97. The van der Waals surface area contributed by atoms with Crippen LogP contribution in [0.2, 0.25) is 0 Å². The van der Waals surface area contributed by atoms with E-state index in [1.54, 1.807) is 30.3 Å². The predicted octanol–water partition coefficient (Wildman–Crippen LogP) is 4.74. The number of rotatable bonds is 4. The van der Waals surface area contributed by atoms with Gasteiger partial charge in [-0.3, -0.25) is 4.79 Å². The molecule has 0 aliphatic heterocycles. The molecule has 1 aromatic heterocycles. The molecular weight excluding hydrogens is 323 g/mol. The highest BCUT2D eigenvalue weighted by atomic mass is 19.1. The minimum absolute atomic E-state index is 0.00272. The molecule has 0 aliphatic carbocycles. The summed E-state index contributed by atoms with van der Waals surface area (Å²) in [6.07, 6.45) is 0. The average molecular weight is 342 g/mol. The van der Waals surface area contributed by atoms with Crippen molar-refractivity contribution < 1.29 is 18.3 Å². The van der Waals surface area contributed by atoms with Gasteiger partial charge in [-0.2, -0.15) is 0 Å². The first-order valence-corrected chi connectivity index (χ1v) is 7.95. The van der Waals surface area contributed by atoms with Crippen molar-refractivity contribution in [3.63, 3.8) is 0 Å². The molecule has 130 valence electrons. The summed E-state index contributed by atoms with van der Waals surface area (Å²) in [5.41, 5.74) is 0.924. The Balaban J connectivity index is 2.33. The van der Waals surface area contributed by atoms with Crippen LogP contribution in [0.25, 0.3) is 22.3 Å². The summed E-state index contributed by atoms with van der Waals surface area (Å²) in [7, 11) is 2.92. The Hall–Kier alpha value is -2.82. The predicted molar refractivity (Wildman–Crippen MR) is 95.1 cm³/mol. The minimum Gasteiger partial charge on any atom is -0.496 e. The largest absolute Gasteiger partial charge is 0.496 e. The van der Waals surface area contributed by atoms with Crippen LogP contribution < -0.4 is 14.9 Å². The lowest BCUT2D eigenvalue weighted by molar-refractivity contribution is 0.362. The van der Waals surface area contributed by atoms with Crippen molar-refractivity contribution in [3.05, 3.63) is 58.0 Å². The van der Waals surface area contributed by atoms with Crippen LogP contribution in [0, 0.1) is 5.82 Å². The molecule has 0 saturated heterocycles. The van der Waals surface area contributed by atoms with Crippen LogP contribution in [-0.4, -0.2) is 14.2 Å². The second-order valence-corrected chi connectivity index (χ2v) is 6.01. The van der Waals surface area contributed by atoms with E-state index in [1.165, 1.54) is 20.3 Å². The van der Waals surface area contributed by atoms with E-state index in [4.69, 9.17) is 13.9 Å². The highest BCUT2D eigenvalue weighted by molar-refractivity contribution is 5.79. The molecule has 0 unspecified atom stereocenters. The molecule has 0 fully saturated rings. The molecule has 5 heteroatoms. The third-order valence-corrected chi connectivity index (χ3v) is 4.12. The molecule has 3 aromatic rings. The van der Waals surface area contributed by atoms with Crippen molar-refractivity contribution in [3.8, 4) is 22.8 Å². The van der Waals surface area contributed by atoms with Gasteiger partial charge in [0.1, 0.15) is 17.1 Å². The fourth-order valence-corrected chi connectivity index (χ4v) is 2.96. The van der Waals surface area contributed by atoms with Gasteiger partial charge in [0.05, 0.1) is 25.2 Å². The van der Waals surface area contributed by atoms with Gasteiger partial charge in [-0.05, 0) is 24.1 Å². The topological polar surface area (TPSA) is 48.7 Å². The number of hydrogen-bond acceptors (Lipinski definition) is 4. The number of ether oxygens (including phenoxy) is 2. The summed E-state index contributed by atoms with van der Waals surface area (Å²) in [4.78, 5) is 12.3. The van der Waals surface area contributed by atoms with Gasteiger partial charge in [-0.15, -0.1) is 0 Å². The van der Waals surface area contributed by atoms with E-state index in [2.05, 4.69) is 0 Å². The maximum atomic E-state index is 15.1. The van der Waals surface area contributed by atoms with Crippen molar-refractivity contribution in [2.45, 2.75) is 19.8 Å². The van der Waals surface area contributed by atoms with Crippen LogP contribution in [0.4, 0.5) is 4.39 Å². The van der Waals surface area contributed by atoms with E-state index < -0.39 is 5.82 Å². The third-order valence-electron chi connectivity index (χ3n) is 4.12. The van der Waals surface area contributed by atoms with Gasteiger partial charge in [-0.25, -0.2) is 4.39 Å². The quantitative estimate of drug-likeness (QED) is 0.687. The zero-order valence-electron chi connectivity index (χ0n) is 14.6. The van der Waals surface area contributed by atoms with Gasteiger partial charge >= 0.3 is 0 Å². The summed E-state index contributed by atoms with van der Waals surface area (Å²) in [6.45, 7) is 3.85. The van der Waals surface area contributed by atoms with Gasteiger partial charge < -0.3 is 13.9 Å². The molecule has 0 radical (unpaired) electrons. The highest BCUT2D eigenvalue weighted by Crippen LogP contribution is 2.42. The summed E-state index contributed by atoms with van der Waals surface area (Å²) >= 11 is 0. The average Bonchev–Trinajstić information content (AvgIpc) is 2.61. The molecule has 0 atom stereocenters. The SMILES string of the molecule is COc1cc(-c2cc(=O)c3ccccc3o2)c(F)c(OC)c1C(C)C. The molecule has 3 rings (SSSR count). The van der Waals surface area contributed by atoms with Crippen molar-refractivity contribution in [1.82, 2.24) is 0 Å². The van der Waals surface area contributed by atoms with E-state index in [1.807, 2.05) is 13.8 Å². The van der Waals surface area contributed by atoms with Crippen molar-refractivity contribution in [2.75, 3.05) is 14.2 Å². The molecule has 25 heavy (non-hydrogen) atoms. The zero-order valence-corrected chi connectivity index (χ0v) is 14.6. The molecule has 0 aliphatic rings. The lowest BCUT2D eigenvalue weighted by Crippen LogP contribution is -2.05. The summed E-state index contributed by atoms with van der Waals surface area (Å²) in [5.74, 6) is 0.134. The second kappa shape index (κ2) is 6.59. The lowest BCUT2D eigenvalue weighted by Gasteiger charge is -2.18. The molecule has 0 amide bonds. The van der Waals surface area contributed by atoms with Gasteiger partial charge in [0.15, 0.2) is 17.0 Å². The number of methoxy groups -OCH3 is 2. The molecule has 2 aromatic carbocycles. The maximum absolute atomic E-state index is 15.1. The molecule has 1 heterocycles. The van der Waals surface area contributed by atoms with Crippen LogP contribution in [-0.2, 0) is 0 Å². The second-order valence-electron chi connectivity index (χ2n) is 6.01. The van der Waals surface area contributed by atoms with Crippen LogP contribution in [0.15, 0.2) is 45.6 Å². The monoisotopic (exact) mass is 342 g/mol. The van der Waals surface area contributed by atoms with Gasteiger partial charge in [0.25, 0.3) is 0 Å². The third kappa shape index (κ3) is 2.86. The fourth-order valence-electron chi connectivity index (χ4n) is 2.96. The Morgan fingerprint density at radius 2 is 1.80 bits per heavy atom.